The number of anilines is 1. The average molecular weight is 386 g/mol. The second-order valence-corrected chi connectivity index (χ2v) is 5.33. The number of hydrogen-bond donors (Lipinski definition) is 2. The molecule has 1 aromatic carbocycles. The van der Waals surface area contributed by atoms with Crippen molar-refractivity contribution in [3.8, 4) is 17.1 Å². The van der Waals surface area contributed by atoms with E-state index in [-0.39, 0.29) is 18.2 Å². The number of benzene rings is 1. The van der Waals surface area contributed by atoms with Crippen LogP contribution in [0.25, 0.3) is 11.3 Å². The fraction of sp³-hybridized carbons (Fsp3) is 0.133. The predicted molar refractivity (Wildman–Crippen MR) is 95.3 cm³/mol. The number of carbonyl (C=O) groups is 1. The summed E-state index contributed by atoms with van der Waals surface area (Å²) in [7, 11) is 1.45. The number of nitrogens with two attached hydrogens (primary N) is 1. The number of nitro benzene ring substituents is 1. The number of carbonyl (C=O) groups excluding carboxylic acids is 1. The van der Waals surface area contributed by atoms with E-state index in [0.29, 0.717) is 22.8 Å². The summed E-state index contributed by atoms with van der Waals surface area (Å²) >= 11 is 0. The summed E-state index contributed by atoms with van der Waals surface area (Å²) in [4.78, 5) is 22.2. The van der Waals surface area contributed by atoms with E-state index < -0.39 is 10.8 Å². The van der Waals surface area contributed by atoms with E-state index in [1.807, 2.05) is 0 Å². The Bertz CT molecular complexity index is 1040. The van der Waals surface area contributed by atoms with Crippen molar-refractivity contribution >= 4 is 23.8 Å². The second-order valence-electron chi connectivity index (χ2n) is 5.33. The van der Waals surface area contributed by atoms with Crippen LogP contribution in [0.4, 0.5) is 11.6 Å². The minimum Gasteiger partial charge on any atom is -0.496 e. The van der Waals surface area contributed by atoms with Gasteiger partial charge in [-0.05, 0) is 28.6 Å². The molecule has 3 N–H and O–H groups in total. The van der Waals surface area contributed by atoms with Gasteiger partial charge in [0.2, 0.25) is 5.95 Å². The van der Waals surface area contributed by atoms with Gasteiger partial charge in [-0.2, -0.15) is 5.10 Å². The molecule has 144 valence electrons. The fourth-order valence-electron chi connectivity index (χ4n) is 2.23. The molecule has 0 saturated carbocycles. The highest BCUT2D eigenvalue weighted by molar-refractivity contribution is 5.81. The van der Waals surface area contributed by atoms with Crippen molar-refractivity contribution in [1.82, 2.24) is 25.6 Å². The molecule has 0 saturated heterocycles. The molecule has 0 aliphatic heterocycles. The van der Waals surface area contributed by atoms with E-state index in [1.165, 1.54) is 31.5 Å². The number of hydrazone groups is 1. The van der Waals surface area contributed by atoms with Crippen molar-refractivity contribution in [2.24, 2.45) is 5.10 Å². The molecule has 3 aromatic rings. The molecule has 0 bridgehead atoms. The Labute approximate surface area is 156 Å². The van der Waals surface area contributed by atoms with Gasteiger partial charge in [0.15, 0.2) is 0 Å². The molecule has 0 fully saturated rings. The number of nitrogen functional groups attached to an aromatic ring is 1. The first-order valence-corrected chi connectivity index (χ1v) is 7.74. The highest BCUT2D eigenvalue weighted by Crippen LogP contribution is 2.34. The Morgan fingerprint density at radius 1 is 1.46 bits per heavy atom. The van der Waals surface area contributed by atoms with E-state index in [4.69, 9.17) is 14.9 Å². The number of methoxy groups -OCH3 is 1. The van der Waals surface area contributed by atoms with Gasteiger partial charge in [-0.25, -0.2) is 10.1 Å². The van der Waals surface area contributed by atoms with Crippen LogP contribution in [-0.2, 0) is 11.3 Å². The number of nitrogens with one attached hydrogen (secondary N) is 1. The van der Waals surface area contributed by atoms with Gasteiger partial charge in [-0.3, -0.25) is 14.9 Å². The van der Waals surface area contributed by atoms with Gasteiger partial charge in [0.1, 0.15) is 23.8 Å². The molecule has 0 radical (unpaired) electrons. The molecule has 3 rings (SSSR count). The summed E-state index contributed by atoms with van der Waals surface area (Å²) in [6.45, 7) is -0.204. The number of aromatic nitrogens is 4. The van der Waals surface area contributed by atoms with Crippen molar-refractivity contribution in [3.63, 3.8) is 0 Å². The van der Waals surface area contributed by atoms with Crippen molar-refractivity contribution in [2.75, 3.05) is 12.8 Å². The molecule has 0 spiro atoms. The lowest BCUT2D eigenvalue weighted by Gasteiger charge is -2.05. The highest BCUT2D eigenvalue weighted by Gasteiger charge is 2.15. The van der Waals surface area contributed by atoms with Crippen molar-refractivity contribution in [2.45, 2.75) is 6.54 Å². The molecule has 2 heterocycles. The Hall–Kier alpha value is -4.29. The molecular formula is C15H14N8O5. The SMILES string of the molecule is COc1ccc([N+](=O)[O-])cc1-c1ccc(/C=N\NC(=O)Cn2nnnc2N)o1. The average Bonchev–Trinajstić information content (AvgIpc) is 3.30. The van der Waals surface area contributed by atoms with E-state index in [2.05, 4.69) is 26.1 Å². The zero-order valence-electron chi connectivity index (χ0n) is 14.5. The van der Waals surface area contributed by atoms with Crippen LogP contribution in [0.2, 0.25) is 0 Å². The molecule has 2 aromatic heterocycles. The quantitative estimate of drug-likeness (QED) is 0.334. The highest BCUT2D eigenvalue weighted by atomic mass is 16.6. The molecule has 13 heteroatoms. The second kappa shape index (κ2) is 7.94. The third-order valence-corrected chi connectivity index (χ3v) is 3.52. The monoisotopic (exact) mass is 386 g/mol. The molecule has 0 aliphatic rings. The molecule has 28 heavy (non-hydrogen) atoms. The standard InChI is InChI=1S/C15H14N8O5/c1-27-12-4-2-9(23(25)26)6-11(12)13-5-3-10(28-13)7-17-18-14(24)8-22-15(16)19-20-21-22/h2-7H,8H2,1H3,(H,18,24)(H2,16,19,21)/b17-7-. The summed E-state index contributed by atoms with van der Waals surface area (Å²) in [6.07, 6.45) is 1.27. The van der Waals surface area contributed by atoms with Gasteiger partial charge in [0.05, 0.1) is 23.8 Å². The zero-order chi connectivity index (χ0) is 20.1. The van der Waals surface area contributed by atoms with Gasteiger partial charge in [-0.15, -0.1) is 0 Å². The number of non-ortho nitro benzene ring substituents is 1. The minimum atomic E-state index is -0.513. The fourth-order valence-corrected chi connectivity index (χ4v) is 2.23. The van der Waals surface area contributed by atoms with Gasteiger partial charge < -0.3 is 14.9 Å². The first-order valence-electron chi connectivity index (χ1n) is 7.74. The van der Waals surface area contributed by atoms with Crippen LogP contribution >= 0.6 is 0 Å². The lowest BCUT2D eigenvalue weighted by molar-refractivity contribution is -0.384. The van der Waals surface area contributed by atoms with Gasteiger partial charge in [0.25, 0.3) is 11.6 Å². The van der Waals surface area contributed by atoms with E-state index in [9.17, 15) is 14.9 Å². The Kier molecular flexibility index (Phi) is 5.25. The summed E-state index contributed by atoms with van der Waals surface area (Å²) in [6, 6.07) is 7.35. The molecule has 0 aliphatic carbocycles. The molecule has 13 nitrogen and oxygen atoms in total. The molecular weight excluding hydrogens is 372 g/mol. The van der Waals surface area contributed by atoms with Crippen LogP contribution < -0.4 is 15.9 Å². The number of ether oxygens (including phenoxy) is 1. The maximum Gasteiger partial charge on any atom is 0.270 e. The van der Waals surface area contributed by atoms with E-state index >= 15 is 0 Å². The topological polar surface area (TPSA) is 177 Å². The van der Waals surface area contributed by atoms with Gasteiger partial charge in [-0.1, -0.05) is 5.10 Å². The normalized spacial score (nSPS) is 10.9. The number of tetrazole rings is 1. The Balaban J connectivity index is 1.69. The van der Waals surface area contributed by atoms with Crippen LogP contribution in [0.15, 0.2) is 39.9 Å². The first-order chi connectivity index (χ1) is 13.5. The lowest BCUT2D eigenvalue weighted by Crippen LogP contribution is -2.24. The number of rotatable bonds is 7. The van der Waals surface area contributed by atoms with Gasteiger partial charge in [0, 0.05) is 12.1 Å². The van der Waals surface area contributed by atoms with Crippen LogP contribution in [-0.4, -0.2) is 44.4 Å². The van der Waals surface area contributed by atoms with E-state index in [1.54, 1.807) is 12.1 Å². The minimum absolute atomic E-state index is 0.000655. The van der Waals surface area contributed by atoms with Crippen LogP contribution in [0.1, 0.15) is 5.76 Å². The molecule has 1 amide bonds. The largest absolute Gasteiger partial charge is 0.496 e. The maximum absolute atomic E-state index is 11.8. The first kappa shape index (κ1) is 18.5. The number of furan rings is 1. The third-order valence-electron chi connectivity index (χ3n) is 3.52. The predicted octanol–water partition coefficient (Wildman–Crippen LogP) is 0.582. The van der Waals surface area contributed by atoms with Crippen LogP contribution in [0.5, 0.6) is 5.75 Å². The summed E-state index contributed by atoms with van der Waals surface area (Å²) in [5.74, 6) is 0.569. The number of nitrogens with zero attached hydrogens (tertiary/aromatic N) is 6. The smallest absolute Gasteiger partial charge is 0.270 e. The number of hydrogen-bond acceptors (Lipinski definition) is 10. The maximum atomic E-state index is 11.8. The molecule has 0 unspecified atom stereocenters. The lowest BCUT2D eigenvalue weighted by atomic mass is 10.1. The summed E-state index contributed by atoms with van der Waals surface area (Å²) < 4.78 is 11.9. The van der Waals surface area contributed by atoms with E-state index in [0.717, 1.165) is 4.68 Å². The Morgan fingerprint density at radius 3 is 2.96 bits per heavy atom. The Morgan fingerprint density at radius 2 is 2.29 bits per heavy atom. The van der Waals surface area contributed by atoms with Gasteiger partial charge >= 0.3 is 0 Å². The number of amides is 1. The van der Waals surface area contributed by atoms with Crippen LogP contribution in [0.3, 0.4) is 0 Å². The van der Waals surface area contributed by atoms with Crippen molar-refractivity contribution in [3.05, 3.63) is 46.2 Å². The van der Waals surface area contributed by atoms with Crippen molar-refractivity contribution in [1.29, 1.82) is 0 Å². The summed E-state index contributed by atoms with van der Waals surface area (Å²) in [5.41, 5.74) is 8.05. The molecule has 0 atom stereocenters. The third kappa shape index (κ3) is 4.09. The zero-order valence-corrected chi connectivity index (χ0v) is 14.5. The van der Waals surface area contributed by atoms with Crippen molar-refractivity contribution < 1.29 is 18.9 Å². The summed E-state index contributed by atoms with van der Waals surface area (Å²) in [5, 5.41) is 25.1. The number of nitro groups is 1. The van der Waals surface area contributed by atoms with Crippen LogP contribution in [0, 0.1) is 10.1 Å².